The average Bonchev–Trinajstić information content (AvgIpc) is 3.09. The van der Waals surface area contributed by atoms with Crippen LogP contribution in [-0.2, 0) is 0 Å². The molecule has 1 saturated heterocycles. The fraction of sp³-hybridized carbons (Fsp3) is 0.316. The first kappa shape index (κ1) is 14.2. The largest absolute Gasteiger partial charge is 0.377 e. The maximum Gasteiger partial charge on any atom is 0.167 e. The number of ketones is 1. The van der Waals surface area contributed by atoms with Gasteiger partial charge in [0.15, 0.2) is 5.78 Å². The van der Waals surface area contributed by atoms with Crippen molar-refractivity contribution >= 4 is 17.2 Å². The van der Waals surface area contributed by atoms with Crippen LogP contribution in [0.25, 0.3) is 0 Å². The molecule has 4 rings (SSSR count). The van der Waals surface area contributed by atoms with Crippen molar-refractivity contribution in [2.24, 2.45) is 0 Å². The van der Waals surface area contributed by atoms with Crippen LogP contribution >= 0.6 is 0 Å². The van der Waals surface area contributed by atoms with Gasteiger partial charge in [0.05, 0.1) is 6.04 Å². The second-order valence-corrected chi connectivity index (χ2v) is 6.27. The van der Waals surface area contributed by atoms with Crippen LogP contribution in [0, 0.1) is 5.82 Å². The van der Waals surface area contributed by atoms with E-state index in [1.54, 1.807) is 18.2 Å². The van der Waals surface area contributed by atoms with E-state index >= 15 is 0 Å². The quantitative estimate of drug-likeness (QED) is 0.903. The molecular formula is C19H19FN2O. The first-order valence-electron chi connectivity index (χ1n) is 8.15. The standard InChI is InChI=1S/C19H19FN2O/c20-16-6-2-1-5-14(16)18-12-19(23)15-11-13(7-8-17(15)21-18)22-9-3-4-10-22/h1-2,5-8,11,18,21H,3-4,9-10,12H2. The van der Waals surface area contributed by atoms with Gasteiger partial charge >= 0.3 is 0 Å². The molecule has 0 aliphatic carbocycles. The van der Waals surface area contributed by atoms with Crippen molar-refractivity contribution in [3.05, 3.63) is 59.4 Å². The Bertz CT molecular complexity index is 753. The van der Waals surface area contributed by atoms with Gasteiger partial charge in [-0.05, 0) is 37.1 Å². The lowest BCUT2D eigenvalue weighted by Gasteiger charge is -2.28. The predicted molar refractivity (Wildman–Crippen MR) is 89.6 cm³/mol. The van der Waals surface area contributed by atoms with Gasteiger partial charge in [0.2, 0.25) is 0 Å². The number of benzene rings is 2. The van der Waals surface area contributed by atoms with Gasteiger partial charge in [-0.1, -0.05) is 18.2 Å². The van der Waals surface area contributed by atoms with Crippen molar-refractivity contribution in [3.63, 3.8) is 0 Å². The van der Waals surface area contributed by atoms with Crippen LogP contribution in [0.2, 0.25) is 0 Å². The van der Waals surface area contributed by atoms with E-state index < -0.39 is 0 Å². The highest BCUT2D eigenvalue weighted by Gasteiger charge is 2.28. The van der Waals surface area contributed by atoms with Crippen molar-refractivity contribution < 1.29 is 9.18 Å². The molecule has 0 aromatic heterocycles. The Morgan fingerprint density at radius 3 is 2.65 bits per heavy atom. The van der Waals surface area contributed by atoms with Crippen molar-refractivity contribution in [2.45, 2.75) is 25.3 Å². The Morgan fingerprint density at radius 2 is 1.87 bits per heavy atom. The van der Waals surface area contributed by atoms with E-state index in [9.17, 15) is 9.18 Å². The third-order valence-corrected chi connectivity index (χ3v) is 4.77. The lowest BCUT2D eigenvalue weighted by Crippen LogP contribution is -2.24. The minimum atomic E-state index is -0.297. The molecule has 0 spiro atoms. The lowest BCUT2D eigenvalue weighted by atomic mass is 9.92. The van der Waals surface area contributed by atoms with E-state index in [1.165, 1.54) is 18.9 Å². The minimum Gasteiger partial charge on any atom is -0.377 e. The summed E-state index contributed by atoms with van der Waals surface area (Å²) < 4.78 is 14.0. The van der Waals surface area contributed by atoms with Gasteiger partial charge in [-0.15, -0.1) is 0 Å². The van der Waals surface area contributed by atoms with Gasteiger partial charge in [0.25, 0.3) is 0 Å². The summed E-state index contributed by atoms with van der Waals surface area (Å²) in [5.74, 6) is -0.192. The monoisotopic (exact) mass is 310 g/mol. The molecule has 118 valence electrons. The van der Waals surface area contributed by atoms with Crippen LogP contribution in [0.1, 0.15) is 41.2 Å². The molecule has 3 nitrogen and oxygen atoms in total. The summed E-state index contributed by atoms with van der Waals surface area (Å²) in [5, 5.41) is 3.32. The molecule has 0 saturated carbocycles. The number of nitrogens with zero attached hydrogens (tertiary/aromatic N) is 1. The highest BCUT2D eigenvalue weighted by atomic mass is 19.1. The summed E-state index contributed by atoms with van der Waals surface area (Å²) in [7, 11) is 0. The second kappa shape index (κ2) is 5.69. The number of halogens is 1. The predicted octanol–water partition coefficient (Wildman–Crippen LogP) is 4.17. The van der Waals surface area contributed by atoms with E-state index in [2.05, 4.69) is 10.2 Å². The molecule has 4 heteroatoms. The van der Waals surface area contributed by atoms with Crippen LogP contribution in [-0.4, -0.2) is 18.9 Å². The fourth-order valence-corrected chi connectivity index (χ4v) is 3.54. The molecule has 2 aromatic carbocycles. The Kier molecular flexibility index (Phi) is 3.52. The van der Waals surface area contributed by atoms with Crippen molar-refractivity contribution in [1.82, 2.24) is 0 Å². The maximum absolute atomic E-state index is 14.0. The fourth-order valence-electron chi connectivity index (χ4n) is 3.54. The number of anilines is 2. The summed E-state index contributed by atoms with van der Waals surface area (Å²) in [6, 6.07) is 12.3. The molecular weight excluding hydrogens is 291 g/mol. The zero-order valence-electron chi connectivity index (χ0n) is 12.9. The Hall–Kier alpha value is -2.36. The number of nitrogens with one attached hydrogen (secondary N) is 1. The lowest BCUT2D eigenvalue weighted by molar-refractivity contribution is 0.0972. The Labute approximate surface area is 135 Å². The minimum absolute atomic E-state index is 0.0769. The van der Waals surface area contributed by atoms with E-state index in [4.69, 9.17) is 0 Å². The van der Waals surface area contributed by atoms with E-state index in [1.807, 2.05) is 18.2 Å². The zero-order chi connectivity index (χ0) is 15.8. The van der Waals surface area contributed by atoms with Gasteiger partial charge in [-0.25, -0.2) is 4.39 Å². The van der Waals surface area contributed by atoms with Crippen molar-refractivity contribution in [2.75, 3.05) is 23.3 Å². The van der Waals surface area contributed by atoms with Gasteiger partial charge in [-0.3, -0.25) is 4.79 Å². The topological polar surface area (TPSA) is 32.3 Å². The number of fused-ring (bicyclic) bond motifs is 1. The van der Waals surface area contributed by atoms with E-state index in [0.717, 1.165) is 30.0 Å². The first-order valence-corrected chi connectivity index (χ1v) is 8.15. The van der Waals surface area contributed by atoms with Crippen LogP contribution in [0.3, 0.4) is 0 Å². The molecule has 0 bridgehead atoms. The summed E-state index contributed by atoms with van der Waals surface area (Å²) in [6.07, 6.45) is 2.70. The number of rotatable bonds is 2. The molecule has 1 fully saturated rings. The normalized spacial score (nSPS) is 20.3. The Morgan fingerprint density at radius 1 is 1.09 bits per heavy atom. The van der Waals surface area contributed by atoms with Gasteiger partial charge in [0.1, 0.15) is 5.82 Å². The molecule has 0 amide bonds. The zero-order valence-corrected chi connectivity index (χ0v) is 12.9. The number of hydrogen-bond acceptors (Lipinski definition) is 3. The number of carbonyl (C=O) groups is 1. The Balaban J connectivity index is 1.65. The molecule has 2 aliphatic rings. The number of hydrogen-bond donors (Lipinski definition) is 1. The highest BCUT2D eigenvalue weighted by molar-refractivity contribution is 6.04. The second-order valence-electron chi connectivity index (χ2n) is 6.27. The maximum atomic E-state index is 14.0. The summed E-state index contributed by atoms with van der Waals surface area (Å²) in [4.78, 5) is 14.9. The van der Waals surface area contributed by atoms with Crippen molar-refractivity contribution in [3.8, 4) is 0 Å². The van der Waals surface area contributed by atoms with E-state index in [-0.39, 0.29) is 24.1 Å². The molecule has 23 heavy (non-hydrogen) atoms. The molecule has 2 aliphatic heterocycles. The van der Waals surface area contributed by atoms with Gasteiger partial charge in [-0.2, -0.15) is 0 Å². The average molecular weight is 310 g/mol. The smallest absolute Gasteiger partial charge is 0.167 e. The van der Waals surface area contributed by atoms with Crippen LogP contribution in [0.4, 0.5) is 15.8 Å². The molecule has 1 atom stereocenters. The molecule has 2 heterocycles. The third kappa shape index (κ3) is 2.58. The van der Waals surface area contributed by atoms with Crippen LogP contribution in [0.15, 0.2) is 42.5 Å². The molecule has 0 radical (unpaired) electrons. The SMILES string of the molecule is O=C1CC(c2ccccc2F)Nc2ccc(N3CCCC3)cc21. The van der Waals surface area contributed by atoms with Crippen LogP contribution in [0.5, 0.6) is 0 Å². The van der Waals surface area contributed by atoms with Gasteiger partial charge in [0, 0.05) is 42.0 Å². The molecule has 1 N–H and O–H groups in total. The molecule has 2 aromatic rings. The third-order valence-electron chi connectivity index (χ3n) is 4.77. The number of Topliss-reactive ketones (excluding diaryl/α,β-unsaturated/α-hetero) is 1. The van der Waals surface area contributed by atoms with Gasteiger partial charge < -0.3 is 10.2 Å². The molecule has 1 unspecified atom stereocenters. The summed E-state index contributed by atoms with van der Waals surface area (Å²) >= 11 is 0. The first-order chi connectivity index (χ1) is 11.2. The summed E-state index contributed by atoms with van der Waals surface area (Å²) in [6.45, 7) is 2.11. The van der Waals surface area contributed by atoms with Crippen molar-refractivity contribution in [1.29, 1.82) is 0 Å². The van der Waals surface area contributed by atoms with Crippen LogP contribution < -0.4 is 10.2 Å². The summed E-state index contributed by atoms with van der Waals surface area (Å²) in [5.41, 5.74) is 3.19. The van der Waals surface area contributed by atoms with E-state index in [0.29, 0.717) is 5.56 Å². The number of carbonyl (C=O) groups excluding carboxylic acids is 1. The highest BCUT2D eigenvalue weighted by Crippen LogP contribution is 2.36.